The largest absolute Gasteiger partial charge is 0.379 e. The maximum absolute atomic E-state index is 12.5. The lowest BCUT2D eigenvalue weighted by molar-refractivity contribution is 0.0623. The van der Waals surface area contributed by atoms with E-state index in [-0.39, 0.29) is 11.9 Å². The normalized spacial score (nSPS) is 21.9. The van der Waals surface area contributed by atoms with Gasteiger partial charge >= 0.3 is 0 Å². The Labute approximate surface area is 131 Å². The van der Waals surface area contributed by atoms with Crippen molar-refractivity contribution in [1.29, 1.82) is 0 Å². The van der Waals surface area contributed by atoms with Crippen LogP contribution >= 0.6 is 0 Å². The third-order valence-electron chi connectivity index (χ3n) is 4.32. The lowest BCUT2D eigenvalue weighted by Gasteiger charge is -2.23. The van der Waals surface area contributed by atoms with E-state index in [1.807, 2.05) is 6.92 Å². The molecule has 0 aromatic carbocycles. The van der Waals surface area contributed by atoms with Gasteiger partial charge in [0.25, 0.3) is 5.91 Å². The molecule has 120 valence electrons. The summed E-state index contributed by atoms with van der Waals surface area (Å²) in [5.41, 5.74) is 1.42. The number of carbonyl (C=O) groups is 1. The summed E-state index contributed by atoms with van der Waals surface area (Å²) in [5, 5.41) is 3.04. The Morgan fingerprint density at radius 1 is 1.41 bits per heavy atom. The summed E-state index contributed by atoms with van der Waals surface area (Å²) in [6.07, 6.45) is 6.76. The van der Waals surface area contributed by atoms with Crippen LogP contribution in [0.4, 0.5) is 5.95 Å². The van der Waals surface area contributed by atoms with Crippen LogP contribution in [-0.4, -0.2) is 48.2 Å². The van der Waals surface area contributed by atoms with Gasteiger partial charge in [0.05, 0.1) is 23.9 Å². The third-order valence-corrected chi connectivity index (χ3v) is 4.32. The average Bonchev–Trinajstić information content (AvgIpc) is 3.09. The number of hydrogen-bond acceptors (Lipinski definition) is 5. The Hall–Kier alpha value is -1.69. The van der Waals surface area contributed by atoms with Crippen molar-refractivity contribution >= 4 is 11.9 Å². The van der Waals surface area contributed by atoms with Crippen LogP contribution in [0.3, 0.4) is 0 Å². The van der Waals surface area contributed by atoms with Crippen molar-refractivity contribution in [3.8, 4) is 0 Å². The number of aromatic nitrogens is 2. The molecule has 2 aliphatic rings. The average molecular weight is 304 g/mol. The van der Waals surface area contributed by atoms with Crippen molar-refractivity contribution in [3.05, 3.63) is 17.5 Å². The van der Waals surface area contributed by atoms with Gasteiger partial charge < -0.3 is 15.0 Å². The van der Waals surface area contributed by atoms with Crippen molar-refractivity contribution < 1.29 is 9.53 Å². The highest BCUT2D eigenvalue weighted by Crippen LogP contribution is 2.18. The molecule has 2 saturated heterocycles. The maximum Gasteiger partial charge on any atom is 0.255 e. The number of carbonyl (C=O) groups excluding carboxylic acids is 1. The first kappa shape index (κ1) is 15.2. The fourth-order valence-corrected chi connectivity index (χ4v) is 3.05. The van der Waals surface area contributed by atoms with E-state index in [2.05, 4.69) is 20.2 Å². The van der Waals surface area contributed by atoms with Crippen LogP contribution in [0, 0.1) is 0 Å². The Kier molecular flexibility index (Phi) is 4.87. The van der Waals surface area contributed by atoms with Gasteiger partial charge in [-0.1, -0.05) is 6.92 Å². The standard InChI is InChI=1S/C16H24N4O2/c1-2-14-13(15(21)18-12-6-5-9-22-11-12)10-17-16(19-14)20-7-3-4-8-20/h10,12H,2-9,11H2,1H3,(H,18,21)/t12-/m0/s1. The second kappa shape index (κ2) is 7.05. The van der Waals surface area contributed by atoms with Crippen LogP contribution < -0.4 is 10.2 Å². The third kappa shape index (κ3) is 3.38. The van der Waals surface area contributed by atoms with Crippen LogP contribution in [0.15, 0.2) is 6.20 Å². The van der Waals surface area contributed by atoms with Crippen LogP contribution in [0.1, 0.15) is 48.7 Å². The van der Waals surface area contributed by atoms with E-state index in [4.69, 9.17) is 4.74 Å². The molecule has 0 unspecified atom stereocenters. The Bertz CT molecular complexity index is 523. The molecule has 3 rings (SSSR count). The molecule has 6 heteroatoms. The van der Waals surface area contributed by atoms with Crippen molar-refractivity contribution in [2.24, 2.45) is 0 Å². The fourth-order valence-electron chi connectivity index (χ4n) is 3.05. The molecule has 0 spiro atoms. The SMILES string of the molecule is CCc1nc(N2CCCC2)ncc1C(=O)N[C@H]1CCCOC1. The van der Waals surface area contributed by atoms with Gasteiger partial charge in [-0.25, -0.2) is 9.97 Å². The Balaban J connectivity index is 1.72. The van der Waals surface area contributed by atoms with E-state index in [0.717, 1.165) is 50.6 Å². The van der Waals surface area contributed by atoms with Gasteiger partial charge in [0, 0.05) is 25.9 Å². The Morgan fingerprint density at radius 3 is 2.91 bits per heavy atom. The van der Waals surface area contributed by atoms with E-state index in [9.17, 15) is 4.79 Å². The number of aryl methyl sites for hydroxylation is 1. The first-order valence-corrected chi connectivity index (χ1v) is 8.27. The Morgan fingerprint density at radius 2 is 2.23 bits per heavy atom. The van der Waals surface area contributed by atoms with Crippen LogP contribution in [0.25, 0.3) is 0 Å². The maximum atomic E-state index is 12.5. The van der Waals surface area contributed by atoms with Crippen molar-refractivity contribution in [1.82, 2.24) is 15.3 Å². The summed E-state index contributed by atoms with van der Waals surface area (Å²) in [4.78, 5) is 23.7. The zero-order valence-electron chi connectivity index (χ0n) is 13.2. The van der Waals surface area contributed by atoms with Gasteiger partial charge in [0.1, 0.15) is 0 Å². The molecule has 3 heterocycles. The summed E-state index contributed by atoms with van der Waals surface area (Å²) in [6.45, 7) is 5.43. The van der Waals surface area contributed by atoms with E-state index in [1.54, 1.807) is 6.20 Å². The van der Waals surface area contributed by atoms with Gasteiger partial charge in [-0.3, -0.25) is 4.79 Å². The first-order valence-electron chi connectivity index (χ1n) is 8.27. The second-order valence-corrected chi connectivity index (χ2v) is 5.97. The van der Waals surface area contributed by atoms with Gasteiger partial charge in [-0.2, -0.15) is 0 Å². The molecule has 1 aromatic heterocycles. The van der Waals surface area contributed by atoms with Crippen molar-refractivity contribution in [2.75, 3.05) is 31.2 Å². The topological polar surface area (TPSA) is 67.4 Å². The summed E-state index contributed by atoms with van der Waals surface area (Å²) in [7, 11) is 0. The molecule has 2 aliphatic heterocycles. The molecule has 0 saturated carbocycles. The molecule has 1 atom stereocenters. The molecule has 0 radical (unpaired) electrons. The van der Waals surface area contributed by atoms with E-state index in [0.29, 0.717) is 12.2 Å². The predicted octanol–water partition coefficient (Wildman–Crippen LogP) is 1.55. The number of ether oxygens (including phenoxy) is 1. The quantitative estimate of drug-likeness (QED) is 0.914. The monoisotopic (exact) mass is 304 g/mol. The second-order valence-electron chi connectivity index (χ2n) is 5.97. The number of hydrogen-bond donors (Lipinski definition) is 1. The molecule has 6 nitrogen and oxygen atoms in total. The summed E-state index contributed by atoms with van der Waals surface area (Å²) in [5.74, 6) is 0.673. The number of nitrogens with one attached hydrogen (secondary N) is 1. The van der Waals surface area contributed by atoms with Gasteiger partial charge in [0.2, 0.25) is 5.95 Å². The lowest BCUT2D eigenvalue weighted by Crippen LogP contribution is -2.41. The minimum absolute atomic E-state index is 0.0830. The zero-order valence-corrected chi connectivity index (χ0v) is 13.2. The summed E-state index contributed by atoms with van der Waals surface area (Å²) < 4.78 is 5.41. The van der Waals surface area contributed by atoms with Crippen LogP contribution in [0.5, 0.6) is 0 Å². The summed E-state index contributed by atoms with van der Waals surface area (Å²) in [6, 6.07) is 0.101. The number of nitrogens with zero attached hydrogens (tertiary/aromatic N) is 3. The number of amides is 1. The smallest absolute Gasteiger partial charge is 0.255 e. The van der Waals surface area contributed by atoms with Gasteiger partial charge in [-0.15, -0.1) is 0 Å². The lowest BCUT2D eigenvalue weighted by atomic mass is 10.1. The molecule has 0 bridgehead atoms. The van der Waals surface area contributed by atoms with E-state index >= 15 is 0 Å². The molecular formula is C16H24N4O2. The fraction of sp³-hybridized carbons (Fsp3) is 0.688. The number of rotatable bonds is 4. The highest BCUT2D eigenvalue weighted by Gasteiger charge is 2.21. The number of anilines is 1. The van der Waals surface area contributed by atoms with E-state index in [1.165, 1.54) is 12.8 Å². The minimum atomic E-state index is -0.0830. The molecular weight excluding hydrogens is 280 g/mol. The highest BCUT2D eigenvalue weighted by atomic mass is 16.5. The van der Waals surface area contributed by atoms with Crippen LogP contribution in [0.2, 0.25) is 0 Å². The molecule has 22 heavy (non-hydrogen) atoms. The molecule has 1 N–H and O–H groups in total. The molecule has 1 amide bonds. The van der Waals surface area contributed by atoms with E-state index < -0.39 is 0 Å². The summed E-state index contributed by atoms with van der Waals surface area (Å²) >= 11 is 0. The predicted molar refractivity (Wildman–Crippen MR) is 84.2 cm³/mol. The molecule has 2 fully saturated rings. The minimum Gasteiger partial charge on any atom is -0.379 e. The first-order chi connectivity index (χ1) is 10.8. The van der Waals surface area contributed by atoms with Crippen LogP contribution in [-0.2, 0) is 11.2 Å². The zero-order chi connectivity index (χ0) is 15.4. The van der Waals surface area contributed by atoms with Crippen molar-refractivity contribution in [3.63, 3.8) is 0 Å². The highest BCUT2D eigenvalue weighted by molar-refractivity contribution is 5.95. The molecule has 0 aliphatic carbocycles. The molecule has 1 aromatic rings. The van der Waals surface area contributed by atoms with Crippen molar-refractivity contribution in [2.45, 2.75) is 45.1 Å². The van der Waals surface area contributed by atoms with Gasteiger partial charge in [-0.05, 0) is 32.1 Å². The van der Waals surface area contributed by atoms with Gasteiger partial charge in [0.15, 0.2) is 0 Å².